The summed E-state index contributed by atoms with van der Waals surface area (Å²) in [6.45, 7) is 4.41. The van der Waals surface area contributed by atoms with E-state index < -0.39 is 0 Å². The first-order valence-corrected chi connectivity index (χ1v) is 6.20. The lowest BCUT2D eigenvalue weighted by Crippen LogP contribution is -2.37. The third-order valence-electron chi connectivity index (χ3n) is 2.63. The van der Waals surface area contributed by atoms with Crippen molar-refractivity contribution < 1.29 is 9.59 Å². The van der Waals surface area contributed by atoms with E-state index in [4.69, 9.17) is 5.84 Å². The van der Waals surface area contributed by atoms with Crippen molar-refractivity contribution in [3.05, 3.63) is 29.3 Å². The smallest absolute Gasteiger partial charge is 0.251 e. The zero-order chi connectivity index (χ0) is 14.3. The van der Waals surface area contributed by atoms with Gasteiger partial charge in [0.25, 0.3) is 5.91 Å². The largest absolute Gasteiger partial charge is 0.355 e. The molecule has 0 radical (unpaired) electrons. The van der Waals surface area contributed by atoms with E-state index in [-0.39, 0.29) is 18.4 Å². The Labute approximate surface area is 112 Å². The molecular formula is C13H20N4O2. The molecule has 0 saturated carbocycles. The fourth-order valence-electron chi connectivity index (χ4n) is 1.56. The van der Waals surface area contributed by atoms with Crippen LogP contribution in [0.5, 0.6) is 0 Å². The van der Waals surface area contributed by atoms with Crippen molar-refractivity contribution in [3.63, 3.8) is 0 Å². The number of aryl methyl sites for hydroxylation is 1. The highest BCUT2D eigenvalue weighted by Gasteiger charge is 2.09. The predicted molar refractivity (Wildman–Crippen MR) is 74.6 cm³/mol. The Morgan fingerprint density at radius 2 is 2.00 bits per heavy atom. The van der Waals surface area contributed by atoms with Crippen molar-refractivity contribution in [1.29, 1.82) is 0 Å². The molecule has 0 unspecified atom stereocenters. The molecule has 0 aliphatic carbocycles. The molecule has 0 heterocycles. The molecule has 1 rings (SSSR count). The number of rotatable bonds is 6. The number of anilines is 1. The summed E-state index contributed by atoms with van der Waals surface area (Å²) in [4.78, 5) is 23.2. The number of nitrogen functional groups attached to an aromatic ring is 1. The monoisotopic (exact) mass is 264 g/mol. The molecule has 6 heteroatoms. The Morgan fingerprint density at radius 3 is 2.58 bits per heavy atom. The quantitative estimate of drug-likeness (QED) is 0.445. The third-order valence-corrected chi connectivity index (χ3v) is 2.63. The molecule has 0 saturated heterocycles. The van der Waals surface area contributed by atoms with Gasteiger partial charge in [-0.15, -0.1) is 0 Å². The second-order valence-corrected chi connectivity index (χ2v) is 4.21. The molecule has 19 heavy (non-hydrogen) atoms. The third kappa shape index (κ3) is 4.59. The molecule has 0 bridgehead atoms. The van der Waals surface area contributed by atoms with Crippen LogP contribution in [0.1, 0.15) is 29.3 Å². The normalized spacial score (nSPS) is 9.84. The molecule has 0 aromatic heterocycles. The fourth-order valence-corrected chi connectivity index (χ4v) is 1.56. The van der Waals surface area contributed by atoms with Gasteiger partial charge in [-0.3, -0.25) is 15.4 Å². The summed E-state index contributed by atoms with van der Waals surface area (Å²) in [5, 5.41) is 5.26. The predicted octanol–water partition coefficient (Wildman–Crippen LogP) is 0.537. The molecule has 2 amide bonds. The number of nitrogens with two attached hydrogens (primary N) is 1. The molecule has 6 nitrogen and oxygen atoms in total. The maximum atomic E-state index is 11.8. The van der Waals surface area contributed by atoms with Crippen molar-refractivity contribution in [3.8, 4) is 0 Å². The van der Waals surface area contributed by atoms with Crippen LogP contribution >= 0.6 is 0 Å². The molecule has 1 aromatic carbocycles. The highest BCUT2D eigenvalue weighted by Crippen LogP contribution is 2.14. The summed E-state index contributed by atoms with van der Waals surface area (Å²) in [6.07, 6.45) is 0.867. The van der Waals surface area contributed by atoms with Gasteiger partial charge in [-0.05, 0) is 37.1 Å². The van der Waals surface area contributed by atoms with Gasteiger partial charge >= 0.3 is 0 Å². The van der Waals surface area contributed by atoms with Crippen LogP contribution in [0, 0.1) is 6.92 Å². The first-order chi connectivity index (χ1) is 9.08. The number of carbonyl (C=O) groups excluding carboxylic acids is 2. The number of amides is 2. The molecular weight excluding hydrogens is 244 g/mol. The van der Waals surface area contributed by atoms with Crippen LogP contribution in [-0.2, 0) is 4.79 Å². The van der Waals surface area contributed by atoms with Gasteiger partial charge in [-0.1, -0.05) is 6.92 Å². The second-order valence-electron chi connectivity index (χ2n) is 4.21. The summed E-state index contributed by atoms with van der Waals surface area (Å²) in [7, 11) is 0. The van der Waals surface area contributed by atoms with Crippen molar-refractivity contribution in [2.24, 2.45) is 5.84 Å². The molecule has 104 valence electrons. The minimum Gasteiger partial charge on any atom is -0.355 e. The Bertz CT molecular complexity index is 460. The lowest BCUT2D eigenvalue weighted by Gasteiger charge is -2.09. The van der Waals surface area contributed by atoms with Gasteiger partial charge in [0.1, 0.15) is 0 Å². The van der Waals surface area contributed by atoms with Gasteiger partial charge in [-0.25, -0.2) is 0 Å². The van der Waals surface area contributed by atoms with Gasteiger partial charge in [0.2, 0.25) is 5.91 Å². The van der Waals surface area contributed by atoms with Crippen LogP contribution in [0.25, 0.3) is 0 Å². The second kappa shape index (κ2) is 7.38. The van der Waals surface area contributed by atoms with Crippen LogP contribution in [0.2, 0.25) is 0 Å². The van der Waals surface area contributed by atoms with Gasteiger partial charge < -0.3 is 16.1 Å². The first-order valence-electron chi connectivity index (χ1n) is 6.20. The first kappa shape index (κ1) is 15.0. The molecule has 0 aliphatic heterocycles. The molecule has 0 aliphatic rings. The number of hydrogen-bond donors (Lipinski definition) is 4. The highest BCUT2D eigenvalue weighted by atomic mass is 16.2. The summed E-state index contributed by atoms with van der Waals surface area (Å²) in [5.74, 6) is 4.85. The van der Waals surface area contributed by atoms with Crippen molar-refractivity contribution in [2.45, 2.75) is 20.3 Å². The molecule has 1 aromatic rings. The van der Waals surface area contributed by atoms with E-state index in [0.29, 0.717) is 12.1 Å². The van der Waals surface area contributed by atoms with E-state index in [1.807, 2.05) is 13.8 Å². The van der Waals surface area contributed by atoms with Crippen LogP contribution in [0.4, 0.5) is 5.69 Å². The highest BCUT2D eigenvalue weighted by molar-refractivity contribution is 5.97. The summed E-state index contributed by atoms with van der Waals surface area (Å²) < 4.78 is 0. The van der Waals surface area contributed by atoms with E-state index in [1.165, 1.54) is 0 Å². The zero-order valence-electron chi connectivity index (χ0n) is 11.2. The minimum atomic E-state index is -0.279. The van der Waals surface area contributed by atoms with Crippen LogP contribution in [0.3, 0.4) is 0 Å². The van der Waals surface area contributed by atoms with Crippen LogP contribution < -0.4 is 21.9 Å². The summed E-state index contributed by atoms with van der Waals surface area (Å²) in [5.41, 5.74) is 4.67. The van der Waals surface area contributed by atoms with E-state index in [0.717, 1.165) is 17.7 Å². The lowest BCUT2D eigenvalue weighted by molar-refractivity contribution is -0.120. The van der Waals surface area contributed by atoms with Gasteiger partial charge in [0.05, 0.1) is 12.2 Å². The van der Waals surface area contributed by atoms with Crippen molar-refractivity contribution in [1.82, 2.24) is 10.6 Å². The standard InChI is InChI=1S/C13H20N4O2/c1-3-6-15-12(18)8-16-13(19)10-4-5-11(17-14)9(2)7-10/h4-5,7,17H,3,6,8,14H2,1-2H3,(H,15,18)(H,16,19). The average Bonchev–Trinajstić information content (AvgIpc) is 2.42. The maximum Gasteiger partial charge on any atom is 0.251 e. The van der Waals surface area contributed by atoms with Gasteiger partial charge in [-0.2, -0.15) is 0 Å². The minimum absolute atomic E-state index is 0.0191. The summed E-state index contributed by atoms with van der Waals surface area (Å²) in [6, 6.07) is 5.09. The Balaban J connectivity index is 2.54. The Hall–Kier alpha value is -2.08. The number of nitrogens with one attached hydrogen (secondary N) is 3. The number of hydrogen-bond acceptors (Lipinski definition) is 4. The molecule has 0 spiro atoms. The number of hydrazine groups is 1. The van der Waals surface area contributed by atoms with Crippen molar-refractivity contribution in [2.75, 3.05) is 18.5 Å². The number of carbonyl (C=O) groups is 2. The molecule has 0 fully saturated rings. The van der Waals surface area contributed by atoms with E-state index >= 15 is 0 Å². The zero-order valence-corrected chi connectivity index (χ0v) is 11.2. The fraction of sp³-hybridized carbons (Fsp3) is 0.385. The van der Waals surface area contributed by atoms with E-state index in [2.05, 4.69) is 16.1 Å². The summed E-state index contributed by atoms with van der Waals surface area (Å²) >= 11 is 0. The van der Waals surface area contributed by atoms with E-state index in [9.17, 15) is 9.59 Å². The van der Waals surface area contributed by atoms with Crippen LogP contribution in [-0.4, -0.2) is 24.9 Å². The molecule has 5 N–H and O–H groups in total. The van der Waals surface area contributed by atoms with Crippen LogP contribution in [0.15, 0.2) is 18.2 Å². The lowest BCUT2D eigenvalue weighted by atomic mass is 10.1. The topological polar surface area (TPSA) is 96.2 Å². The Kier molecular flexibility index (Phi) is 5.81. The van der Waals surface area contributed by atoms with Gasteiger partial charge in [0.15, 0.2) is 0 Å². The van der Waals surface area contributed by atoms with Gasteiger partial charge in [0, 0.05) is 12.1 Å². The Morgan fingerprint density at radius 1 is 1.26 bits per heavy atom. The molecule has 0 atom stereocenters. The SMILES string of the molecule is CCCNC(=O)CNC(=O)c1ccc(NN)c(C)c1. The average molecular weight is 264 g/mol. The van der Waals surface area contributed by atoms with E-state index in [1.54, 1.807) is 18.2 Å². The number of benzene rings is 1. The van der Waals surface area contributed by atoms with Crippen molar-refractivity contribution >= 4 is 17.5 Å². The maximum absolute atomic E-state index is 11.8.